The smallest absolute Gasteiger partial charge is 0.0464 e. The summed E-state index contributed by atoms with van der Waals surface area (Å²) in [6.07, 6.45) is 13.8. The first-order valence-corrected chi connectivity index (χ1v) is 11.8. The number of para-hydroxylation sites is 1. The standard InChI is InChI=1S/C30H28NP/c1-5-7-13-21(3)23-18-19-24-22(4)27(12-6-2)31-28-16-10-8-14-25(28)26-15-9-11-17-29(26)32-30(24)20-23/h5-17,20,31-32H,1-4,18-19H2/b13-7-,27-12+. The molecule has 1 aliphatic heterocycles. The lowest BCUT2D eigenvalue weighted by Gasteiger charge is -2.27. The van der Waals surface area contributed by atoms with Gasteiger partial charge in [0.2, 0.25) is 0 Å². The first-order chi connectivity index (χ1) is 15.6. The van der Waals surface area contributed by atoms with E-state index in [9.17, 15) is 0 Å². The number of nitrogens with one attached hydrogen (secondary N) is 1. The van der Waals surface area contributed by atoms with Crippen molar-refractivity contribution in [3.8, 4) is 11.1 Å². The highest BCUT2D eigenvalue weighted by molar-refractivity contribution is 7.52. The summed E-state index contributed by atoms with van der Waals surface area (Å²) in [5.41, 5.74) is 9.19. The second kappa shape index (κ2) is 9.81. The van der Waals surface area contributed by atoms with Crippen LogP contribution in [0.3, 0.4) is 0 Å². The summed E-state index contributed by atoms with van der Waals surface area (Å²) in [6.45, 7) is 16.5. The Morgan fingerprint density at radius 2 is 1.69 bits per heavy atom. The Morgan fingerprint density at radius 3 is 2.47 bits per heavy atom. The average molecular weight is 434 g/mol. The van der Waals surface area contributed by atoms with Crippen LogP contribution in [0.2, 0.25) is 0 Å². The predicted octanol–water partition coefficient (Wildman–Crippen LogP) is 7.98. The maximum atomic E-state index is 4.51. The van der Waals surface area contributed by atoms with Gasteiger partial charge in [0.15, 0.2) is 0 Å². The molecule has 2 aliphatic rings. The maximum Gasteiger partial charge on any atom is 0.0464 e. The number of hydrogen-bond donors (Lipinski definition) is 1. The Hall–Kier alpha value is -3.41. The molecule has 1 unspecified atom stereocenters. The monoisotopic (exact) mass is 433 g/mol. The summed E-state index contributed by atoms with van der Waals surface area (Å²) in [5.74, 6) is 0. The molecular formula is C30H28NP. The number of benzene rings is 2. The number of allylic oxidation sites excluding steroid dienone is 10. The summed E-state index contributed by atoms with van der Waals surface area (Å²) in [6, 6.07) is 17.2. The summed E-state index contributed by atoms with van der Waals surface area (Å²) < 4.78 is 0. The zero-order valence-corrected chi connectivity index (χ0v) is 19.3. The lowest BCUT2D eigenvalue weighted by molar-refractivity contribution is 0.925. The number of anilines is 1. The highest BCUT2D eigenvalue weighted by Crippen LogP contribution is 2.44. The Balaban J connectivity index is 1.91. The van der Waals surface area contributed by atoms with E-state index in [1.807, 2.05) is 24.3 Å². The summed E-state index contributed by atoms with van der Waals surface area (Å²) in [7, 11) is 0.530. The molecule has 1 nitrogen and oxygen atoms in total. The zero-order valence-electron chi connectivity index (χ0n) is 18.3. The molecular weight excluding hydrogens is 405 g/mol. The Kier molecular flexibility index (Phi) is 6.69. The highest BCUT2D eigenvalue weighted by Gasteiger charge is 2.22. The Morgan fingerprint density at radius 1 is 0.938 bits per heavy atom. The topological polar surface area (TPSA) is 12.0 Å². The van der Waals surface area contributed by atoms with Gasteiger partial charge >= 0.3 is 0 Å². The van der Waals surface area contributed by atoms with Gasteiger partial charge in [-0.05, 0) is 63.5 Å². The molecule has 0 spiro atoms. The first kappa shape index (κ1) is 21.8. The van der Waals surface area contributed by atoms with Crippen molar-refractivity contribution in [1.29, 1.82) is 0 Å². The van der Waals surface area contributed by atoms with Crippen LogP contribution in [0.15, 0.2) is 145 Å². The quantitative estimate of drug-likeness (QED) is 0.381. The van der Waals surface area contributed by atoms with Crippen molar-refractivity contribution in [3.63, 3.8) is 0 Å². The lowest BCUT2D eigenvalue weighted by atomic mass is 9.89. The second-order valence-electron chi connectivity index (χ2n) is 7.82. The van der Waals surface area contributed by atoms with E-state index in [0.29, 0.717) is 8.58 Å². The van der Waals surface area contributed by atoms with Crippen LogP contribution in [0.25, 0.3) is 11.1 Å². The molecule has 1 heterocycles. The zero-order chi connectivity index (χ0) is 22.5. The molecule has 0 fully saturated rings. The normalized spacial score (nSPS) is 17.8. The van der Waals surface area contributed by atoms with E-state index >= 15 is 0 Å². The van der Waals surface area contributed by atoms with Gasteiger partial charge in [-0.3, -0.25) is 0 Å². The van der Waals surface area contributed by atoms with Gasteiger partial charge < -0.3 is 5.32 Å². The van der Waals surface area contributed by atoms with Gasteiger partial charge in [0.25, 0.3) is 0 Å². The number of rotatable bonds is 4. The summed E-state index contributed by atoms with van der Waals surface area (Å²) in [4.78, 5) is 0. The van der Waals surface area contributed by atoms with E-state index in [1.165, 1.54) is 32.9 Å². The van der Waals surface area contributed by atoms with Crippen molar-refractivity contribution < 1.29 is 0 Å². The third-order valence-electron chi connectivity index (χ3n) is 5.79. The molecule has 158 valence electrons. The molecule has 0 amide bonds. The van der Waals surface area contributed by atoms with Crippen LogP contribution in [-0.2, 0) is 0 Å². The number of fused-ring (bicyclic) bond motifs is 3. The molecule has 2 aromatic carbocycles. The third kappa shape index (κ3) is 4.44. The minimum Gasteiger partial charge on any atom is -0.355 e. The SMILES string of the molecule is C=C/C=C\C(=C)C1=CC2=C(CC1)C(=C)/C(=C\C=C)Nc1ccccc1-c1ccccc1P2. The van der Waals surface area contributed by atoms with E-state index in [-0.39, 0.29) is 0 Å². The predicted molar refractivity (Wildman–Crippen MR) is 144 cm³/mol. The minimum absolute atomic E-state index is 0.530. The van der Waals surface area contributed by atoms with Crippen LogP contribution in [0.5, 0.6) is 0 Å². The molecule has 2 aromatic rings. The van der Waals surface area contributed by atoms with Gasteiger partial charge in [-0.15, -0.1) is 0 Å². The molecule has 0 radical (unpaired) electrons. The van der Waals surface area contributed by atoms with Crippen LogP contribution >= 0.6 is 8.58 Å². The van der Waals surface area contributed by atoms with E-state index < -0.39 is 0 Å². The third-order valence-corrected chi connectivity index (χ3v) is 7.21. The summed E-state index contributed by atoms with van der Waals surface area (Å²) in [5, 5.41) is 6.32. The van der Waals surface area contributed by atoms with E-state index in [1.54, 1.807) is 6.08 Å². The molecule has 1 aliphatic carbocycles. The molecule has 0 saturated heterocycles. The van der Waals surface area contributed by atoms with Crippen molar-refractivity contribution in [2.75, 3.05) is 5.32 Å². The molecule has 2 heteroatoms. The fourth-order valence-electron chi connectivity index (χ4n) is 4.14. The van der Waals surface area contributed by atoms with Crippen LogP contribution in [0.4, 0.5) is 5.69 Å². The van der Waals surface area contributed by atoms with Crippen molar-refractivity contribution >= 4 is 19.6 Å². The minimum atomic E-state index is 0.530. The molecule has 0 aromatic heterocycles. The van der Waals surface area contributed by atoms with Gasteiger partial charge in [-0.25, -0.2) is 0 Å². The average Bonchev–Trinajstić information content (AvgIpc) is 2.82. The molecule has 0 saturated carbocycles. The van der Waals surface area contributed by atoms with Crippen molar-refractivity contribution in [2.24, 2.45) is 0 Å². The van der Waals surface area contributed by atoms with E-state index in [2.05, 4.69) is 86.2 Å². The fourth-order valence-corrected chi connectivity index (χ4v) is 5.64. The number of hydrogen-bond acceptors (Lipinski definition) is 1. The Bertz CT molecular complexity index is 1230. The van der Waals surface area contributed by atoms with Crippen molar-refractivity contribution in [3.05, 3.63) is 145 Å². The van der Waals surface area contributed by atoms with Crippen LogP contribution in [0.1, 0.15) is 12.8 Å². The molecule has 1 N–H and O–H groups in total. The van der Waals surface area contributed by atoms with Gasteiger partial charge in [0, 0.05) is 16.9 Å². The summed E-state index contributed by atoms with van der Waals surface area (Å²) >= 11 is 0. The van der Waals surface area contributed by atoms with Gasteiger partial charge in [0.1, 0.15) is 0 Å². The van der Waals surface area contributed by atoms with Crippen LogP contribution < -0.4 is 10.6 Å². The molecule has 1 atom stereocenters. The first-order valence-electron chi connectivity index (χ1n) is 10.8. The highest BCUT2D eigenvalue weighted by atomic mass is 31.1. The second-order valence-corrected chi connectivity index (χ2v) is 9.14. The Labute approximate surface area is 193 Å². The van der Waals surface area contributed by atoms with Crippen LogP contribution in [-0.4, -0.2) is 0 Å². The van der Waals surface area contributed by atoms with E-state index in [4.69, 9.17) is 0 Å². The van der Waals surface area contributed by atoms with Gasteiger partial charge in [0.05, 0.1) is 0 Å². The fraction of sp³-hybridized carbons (Fsp3) is 0.0667. The van der Waals surface area contributed by atoms with Crippen molar-refractivity contribution in [2.45, 2.75) is 12.8 Å². The molecule has 0 bridgehead atoms. The van der Waals surface area contributed by atoms with Crippen molar-refractivity contribution in [1.82, 2.24) is 0 Å². The molecule has 4 rings (SSSR count). The largest absolute Gasteiger partial charge is 0.355 e. The van der Waals surface area contributed by atoms with Gasteiger partial charge in [-0.2, -0.15) is 0 Å². The van der Waals surface area contributed by atoms with Crippen LogP contribution in [0, 0.1) is 0 Å². The van der Waals surface area contributed by atoms with E-state index in [0.717, 1.165) is 35.4 Å². The lowest BCUT2D eigenvalue weighted by Crippen LogP contribution is -2.12. The molecule has 32 heavy (non-hydrogen) atoms. The van der Waals surface area contributed by atoms with Gasteiger partial charge in [-0.1, -0.05) is 108 Å². The maximum absolute atomic E-state index is 4.51.